The molecular weight excluding hydrogens is 364 g/mol. The van der Waals surface area contributed by atoms with E-state index in [1.165, 1.54) is 5.56 Å². The van der Waals surface area contributed by atoms with Gasteiger partial charge in [0.05, 0.1) is 5.69 Å². The average Bonchev–Trinajstić information content (AvgIpc) is 3.27. The lowest BCUT2D eigenvalue weighted by Gasteiger charge is -2.19. The number of rotatable bonds is 4. The van der Waals surface area contributed by atoms with Gasteiger partial charge in [0, 0.05) is 61.1 Å². The third kappa shape index (κ3) is 3.69. The van der Waals surface area contributed by atoms with Gasteiger partial charge < -0.3 is 10.0 Å². The van der Waals surface area contributed by atoms with Crippen molar-refractivity contribution in [1.29, 1.82) is 0 Å². The van der Waals surface area contributed by atoms with Gasteiger partial charge >= 0.3 is 6.09 Å². The number of halogens is 1. The Balaban J connectivity index is 1.54. The van der Waals surface area contributed by atoms with Gasteiger partial charge in [0.25, 0.3) is 0 Å². The average molecular weight is 389 g/mol. The molecule has 1 aromatic heterocycles. The summed E-state index contributed by atoms with van der Waals surface area (Å²) < 4.78 is 2.01. The molecule has 2 aliphatic heterocycles. The summed E-state index contributed by atoms with van der Waals surface area (Å²) in [5.74, 6) is 0.881. The number of amides is 1. The lowest BCUT2D eigenvalue weighted by atomic mass is 10.0. The van der Waals surface area contributed by atoms with Gasteiger partial charge in [-0.05, 0) is 37.8 Å². The Morgan fingerprint density at radius 2 is 1.96 bits per heavy atom. The highest BCUT2D eigenvalue weighted by atomic mass is 35.5. The number of hydrogen-bond donors (Lipinski definition) is 1. The summed E-state index contributed by atoms with van der Waals surface area (Å²) in [6.45, 7) is 8.27. The number of nitrogens with zero attached hydrogens (tertiary/aromatic N) is 4. The molecule has 1 N–H and O–H groups in total. The van der Waals surface area contributed by atoms with Gasteiger partial charge in [-0.3, -0.25) is 9.58 Å². The summed E-state index contributed by atoms with van der Waals surface area (Å²) in [6.07, 6.45) is 1.34. The van der Waals surface area contributed by atoms with Crippen LogP contribution in [0.3, 0.4) is 0 Å². The van der Waals surface area contributed by atoms with Crippen LogP contribution in [0.4, 0.5) is 4.79 Å². The fourth-order valence-corrected chi connectivity index (χ4v) is 4.50. The minimum Gasteiger partial charge on any atom is -0.465 e. The first-order valence-electron chi connectivity index (χ1n) is 9.45. The van der Waals surface area contributed by atoms with Crippen LogP contribution < -0.4 is 0 Å². The molecule has 144 valence electrons. The number of carbonyl (C=O) groups is 1. The predicted molar refractivity (Wildman–Crippen MR) is 105 cm³/mol. The molecule has 3 heterocycles. The van der Waals surface area contributed by atoms with Crippen LogP contribution >= 0.6 is 11.6 Å². The monoisotopic (exact) mass is 388 g/mol. The van der Waals surface area contributed by atoms with Crippen LogP contribution in [0.5, 0.6) is 0 Å². The minimum atomic E-state index is -0.794. The van der Waals surface area contributed by atoms with Crippen molar-refractivity contribution in [2.75, 3.05) is 26.2 Å². The third-order valence-electron chi connectivity index (χ3n) is 5.66. The van der Waals surface area contributed by atoms with Gasteiger partial charge in [-0.15, -0.1) is 0 Å². The van der Waals surface area contributed by atoms with Crippen molar-refractivity contribution < 1.29 is 9.90 Å². The van der Waals surface area contributed by atoms with Crippen molar-refractivity contribution >= 4 is 17.7 Å². The summed E-state index contributed by atoms with van der Waals surface area (Å²) in [7, 11) is 0. The number of carboxylic acid groups (broad SMARTS) is 1. The van der Waals surface area contributed by atoms with Gasteiger partial charge in [0.2, 0.25) is 0 Å². The van der Waals surface area contributed by atoms with E-state index in [2.05, 4.69) is 24.9 Å². The van der Waals surface area contributed by atoms with E-state index in [4.69, 9.17) is 16.7 Å². The first-order chi connectivity index (χ1) is 12.9. The molecule has 4 rings (SSSR count). The van der Waals surface area contributed by atoms with E-state index < -0.39 is 6.09 Å². The molecule has 0 aliphatic carbocycles. The Hall–Kier alpha value is -2.05. The SMILES string of the molecule is CC(C)n1cc(CN2CC3CN(C(=O)O)CC3C2)c(-c2cccc(Cl)c2)n1. The molecule has 2 aliphatic rings. The molecule has 27 heavy (non-hydrogen) atoms. The molecule has 2 atom stereocenters. The highest BCUT2D eigenvalue weighted by Crippen LogP contribution is 2.33. The molecule has 0 radical (unpaired) electrons. The number of hydrogen-bond acceptors (Lipinski definition) is 3. The largest absolute Gasteiger partial charge is 0.465 e. The molecule has 2 unspecified atom stereocenters. The maximum Gasteiger partial charge on any atom is 0.407 e. The van der Waals surface area contributed by atoms with E-state index in [0.717, 1.165) is 30.9 Å². The first kappa shape index (κ1) is 18.3. The van der Waals surface area contributed by atoms with Crippen LogP contribution in [0, 0.1) is 11.8 Å². The standard InChI is InChI=1S/C20H25ClN4O2/c1-13(2)25-12-17(19(22-25)14-4-3-5-18(21)6-14)9-23-7-15-10-24(20(26)27)11-16(15)8-23/h3-6,12-13,15-16H,7-11H2,1-2H3,(H,26,27). The Morgan fingerprint density at radius 3 is 2.56 bits per heavy atom. The van der Waals surface area contributed by atoms with E-state index in [9.17, 15) is 9.90 Å². The van der Waals surface area contributed by atoms with Crippen LogP contribution in [-0.4, -0.2) is 57.0 Å². The van der Waals surface area contributed by atoms with Crippen molar-refractivity contribution in [1.82, 2.24) is 19.6 Å². The maximum absolute atomic E-state index is 11.2. The molecule has 1 amide bonds. The summed E-state index contributed by atoms with van der Waals surface area (Å²) >= 11 is 6.19. The fourth-order valence-electron chi connectivity index (χ4n) is 4.30. The summed E-state index contributed by atoms with van der Waals surface area (Å²) in [4.78, 5) is 15.2. The number of benzene rings is 1. The summed E-state index contributed by atoms with van der Waals surface area (Å²) in [6, 6.07) is 8.13. The van der Waals surface area contributed by atoms with E-state index in [-0.39, 0.29) is 0 Å². The maximum atomic E-state index is 11.2. The van der Waals surface area contributed by atoms with Crippen LogP contribution in [0.2, 0.25) is 5.02 Å². The first-order valence-corrected chi connectivity index (χ1v) is 9.82. The number of likely N-dealkylation sites (tertiary alicyclic amines) is 2. The van der Waals surface area contributed by atoms with E-state index in [0.29, 0.717) is 36.0 Å². The normalized spacial score (nSPS) is 22.6. The molecule has 2 aromatic rings. The predicted octanol–water partition coefficient (Wildman–Crippen LogP) is 3.83. The Bertz CT molecular complexity index is 836. The summed E-state index contributed by atoms with van der Waals surface area (Å²) in [5.41, 5.74) is 3.21. The van der Waals surface area contributed by atoms with Crippen LogP contribution in [-0.2, 0) is 6.54 Å². The van der Waals surface area contributed by atoms with Crippen molar-refractivity contribution in [2.45, 2.75) is 26.4 Å². The molecule has 2 saturated heterocycles. The van der Waals surface area contributed by atoms with E-state index >= 15 is 0 Å². The number of fused-ring (bicyclic) bond motifs is 1. The van der Waals surface area contributed by atoms with Gasteiger partial charge in [-0.1, -0.05) is 23.7 Å². The van der Waals surface area contributed by atoms with Crippen molar-refractivity contribution in [3.63, 3.8) is 0 Å². The minimum absolute atomic E-state index is 0.291. The van der Waals surface area contributed by atoms with Gasteiger partial charge in [0.1, 0.15) is 0 Å². The molecule has 2 fully saturated rings. The molecule has 6 nitrogen and oxygen atoms in total. The third-order valence-corrected chi connectivity index (χ3v) is 5.90. The zero-order chi connectivity index (χ0) is 19.1. The molecular formula is C20H25ClN4O2. The van der Waals surface area contributed by atoms with Crippen LogP contribution in [0.25, 0.3) is 11.3 Å². The second kappa shape index (κ2) is 7.17. The van der Waals surface area contributed by atoms with Gasteiger partial charge in [0.15, 0.2) is 0 Å². The number of aromatic nitrogens is 2. The Kier molecular flexibility index (Phi) is 4.86. The zero-order valence-corrected chi connectivity index (χ0v) is 16.4. The quantitative estimate of drug-likeness (QED) is 0.864. The fraction of sp³-hybridized carbons (Fsp3) is 0.500. The smallest absolute Gasteiger partial charge is 0.407 e. The topological polar surface area (TPSA) is 61.6 Å². The van der Waals surface area contributed by atoms with Crippen LogP contribution in [0.15, 0.2) is 30.5 Å². The second-order valence-corrected chi connectivity index (χ2v) is 8.43. The van der Waals surface area contributed by atoms with Crippen LogP contribution in [0.1, 0.15) is 25.5 Å². The molecule has 0 spiro atoms. The van der Waals surface area contributed by atoms with E-state index in [1.54, 1.807) is 4.90 Å². The molecule has 7 heteroatoms. The van der Waals surface area contributed by atoms with Crippen molar-refractivity contribution in [2.24, 2.45) is 11.8 Å². The highest BCUT2D eigenvalue weighted by molar-refractivity contribution is 6.30. The van der Waals surface area contributed by atoms with Gasteiger partial charge in [-0.25, -0.2) is 4.79 Å². The molecule has 0 saturated carbocycles. The Labute approximate surface area is 164 Å². The van der Waals surface area contributed by atoms with Gasteiger partial charge in [-0.2, -0.15) is 5.10 Å². The molecule has 0 bridgehead atoms. The lowest BCUT2D eigenvalue weighted by Crippen LogP contribution is -2.32. The molecule has 1 aromatic carbocycles. The van der Waals surface area contributed by atoms with Crippen molar-refractivity contribution in [3.8, 4) is 11.3 Å². The zero-order valence-electron chi connectivity index (χ0n) is 15.7. The Morgan fingerprint density at radius 1 is 1.26 bits per heavy atom. The lowest BCUT2D eigenvalue weighted by molar-refractivity contribution is 0.148. The summed E-state index contributed by atoms with van der Waals surface area (Å²) in [5, 5.41) is 14.7. The second-order valence-electron chi connectivity index (χ2n) is 7.99. The van der Waals surface area contributed by atoms with E-state index in [1.807, 2.05) is 28.9 Å². The van der Waals surface area contributed by atoms with Crippen molar-refractivity contribution in [3.05, 3.63) is 41.0 Å². The highest BCUT2D eigenvalue weighted by Gasteiger charge is 2.41.